The topological polar surface area (TPSA) is 9.23 Å². The highest BCUT2D eigenvalue weighted by Crippen LogP contribution is 2.32. The van der Waals surface area contributed by atoms with Gasteiger partial charge < -0.3 is 4.74 Å². The fraction of sp³-hybridized carbons (Fsp3) is 0.600. The van der Waals surface area contributed by atoms with E-state index < -0.39 is 0 Å². The van der Waals surface area contributed by atoms with Crippen LogP contribution in [-0.4, -0.2) is 13.2 Å². The molecule has 0 aliphatic heterocycles. The summed E-state index contributed by atoms with van der Waals surface area (Å²) in [5, 5.41) is 0. The van der Waals surface area contributed by atoms with Crippen molar-refractivity contribution in [3.05, 3.63) is 35.9 Å². The van der Waals surface area contributed by atoms with Crippen LogP contribution in [0.5, 0.6) is 0 Å². The van der Waals surface area contributed by atoms with E-state index in [2.05, 4.69) is 27.7 Å². The highest BCUT2D eigenvalue weighted by Gasteiger charge is 2.29. The van der Waals surface area contributed by atoms with Gasteiger partial charge in [-0.15, -0.1) is 0 Å². The molecule has 0 aliphatic rings. The molecule has 0 fully saturated rings. The second kappa shape index (κ2) is 5.49. The first kappa shape index (κ1) is 11.7. The second-order valence-electron chi connectivity index (χ2n) is 5.41. The van der Waals surface area contributed by atoms with Crippen LogP contribution in [0, 0.1) is 11.3 Å². The number of ether oxygens (including phenoxy) is 1. The Hall–Kier alpha value is -0.820. The van der Waals surface area contributed by atoms with Crippen molar-refractivity contribution in [2.45, 2.75) is 40.2 Å². The van der Waals surface area contributed by atoms with E-state index in [0.717, 1.165) is 5.56 Å². The molecule has 3 atom stereocenters. The molecule has 0 bridgehead atoms. The first-order chi connectivity index (χ1) is 7.88. The van der Waals surface area contributed by atoms with Gasteiger partial charge in [0.25, 0.3) is 0 Å². The third-order valence-electron chi connectivity index (χ3n) is 3.05. The number of rotatable bonds is 4. The number of hydrogen-bond acceptors (Lipinski definition) is 1. The standard InChI is InChI=1S/C15H24O/c1-12(16-5)14(15(2,3)4)11-13-9-7-6-8-10-13/h6-10,12,14H,11H2,1-5H3/t12-,14-/m0/s1/i11D/t11-,12-,14-. The van der Waals surface area contributed by atoms with Crippen molar-refractivity contribution in [2.24, 2.45) is 11.3 Å². The second-order valence-corrected chi connectivity index (χ2v) is 5.41. The van der Waals surface area contributed by atoms with Gasteiger partial charge in [0, 0.05) is 8.48 Å². The van der Waals surface area contributed by atoms with Crippen molar-refractivity contribution in [1.29, 1.82) is 0 Å². The van der Waals surface area contributed by atoms with Crippen molar-refractivity contribution in [3.63, 3.8) is 0 Å². The van der Waals surface area contributed by atoms with Crippen LogP contribution < -0.4 is 0 Å². The monoisotopic (exact) mass is 221 g/mol. The fourth-order valence-corrected chi connectivity index (χ4v) is 2.01. The van der Waals surface area contributed by atoms with Crippen molar-refractivity contribution >= 4 is 0 Å². The number of hydrogen-bond donors (Lipinski definition) is 0. The minimum absolute atomic E-state index is 0.0533. The molecule has 0 spiro atoms. The summed E-state index contributed by atoms with van der Waals surface area (Å²) >= 11 is 0. The minimum atomic E-state index is -0.244. The summed E-state index contributed by atoms with van der Waals surface area (Å²) in [5.41, 5.74) is 1.12. The zero-order valence-corrected chi connectivity index (χ0v) is 11.0. The summed E-state index contributed by atoms with van der Waals surface area (Å²) in [5.74, 6) is 0.176. The maximum absolute atomic E-state index is 8.48. The Labute approximate surface area is 101 Å². The quantitative estimate of drug-likeness (QED) is 0.748. The van der Waals surface area contributed by atoms with Crippen LogP contribution in [0.2, 0.25) is 0 Å². The van der Waals surface area contributed by atoms with Gasteiger partial charge >= 0.3 is 0 Å². The predicted octanol–water partition coefficient (Wildman–Crippen LogP) is 3.93. The van der Waals surface area contributed by atoms with Crippen LogP contribution in [0.3, 0.4) is 0 Å². The Bertz CT molecular complexity index is 329. The molecule has 0 heterocycles. The Morgan fingerprint density at radius 2 is 1.81 bits per heavy atom. The van der Waals surface area contributed by atoms with Gasteiger partial charge in [-0.2, -0.15) is 0 Å². The SMILES string of the molecule is [2H][C@@H](c1ccccc1)[C@@H]([C@H](C)OC)C(C)(C)C. The van der Waals surface area contributed by atoms with E-state index in [4.69, 9.17) is 6.11 Å². The molecule has 0 amide bonds. The zero-order chi connectivity index (χ0) is 13.1. The largest absolute Gasteiger partial charge is 0.381 e. The third-order valence-corrected chi connectivity index (χ3v) is 3.05. The van der Waals surface area contributed by atoms with Gasteiger partial charge in [0.05, 0.1) is 6.10 Å². The highest BCUT2D eigenvalue weighted by molar-refractivity contribution is 5.16. The molecule has 90 valence electrons. The Morgan fingerprint density at radius 1 is 1.25 bits per heavy atom. The zero-order valence-electron chi connectivity index (χ0n) is 12.0. The lowest BCUT2D eigenvalue weighted by atomic mass is 9.74. The molecule has 0 aliphatic carbocycles. The summed E-state index contributed by atoms with van der Waals surface area (Å²) in [4.78, 5) is 0. The van der Waals surface area contributed by atoms with Gasteiger partial charge in [0.15, 0.2) is 0 Å². The smallest absolute Gasteiger partial charge is 0.0579 e. The van der Waals surface area contributed by atoms with E-state index in [9.17, 15) is 0 Å². The number of benzene rings is 1. The van der Waals surface area contributed by atoms with Crippen LogP contribution >= 0.6 is 0 Å². The van der Waals surface area contributed by atoms with E-state index in [-0.39, 0.29) is 23.8 Å². The molecule has 0 N–H and O–H groups in total. The van der Waals surface area contributed by atoms with Crippen LogP contribution in [0.25, 0.3) is 0 Å². The molecule has 1 nitrogen and oxygen atoms in total. The lowest BCUT2D eigenvalue weighted by molar-refractivity contribution is 0.0177. The molecule has 0 unspecified atom stereocenters. The lowest BCUT2D eigenvalue weighted by Crippen LogP contribution is -2.33. The minimum Gasteiger partial charge on any atom is -0.381 e. The first-order valence-electron chi connectivity index (χ1n) is 6.45. The van der Waals surface area contributed by atoms with Crippen LogP contribution in [-0.2, 0) is 11.1 Å². The highest BCUT2D eigenvalue weighted by atomic mass is 16.5. The Balaban J connectivity index is 2.99. The van der Waals surface area contributed by atoms with Crippen LogP contribution in [0.15, 0.2) is 30.3 Å². The van der Waals surface area contributed by atoms with Crippen LogP contribution in [0.1, 0.15) is 34.6 Å². The summed E-state index contributed by atoms with van der Waals surface area (Å²) in [6.07, 6.45) is -0.163. The van der Waals surface area contributed by atoms with Gasteiger partial charge in [-0.05, 0) is 30.2 Å². The third kappa shape index (κ3) is 3.64. The molecule has 0 saturated heterocycles. The Kier molecular flexibility index (Phi) is 4.00. The Morgan fingerprint density at radius 3 is 2.25 bits per heavy atom. The van der Waals surface area contributed by atoms with E-state index in [1.54, 1.807) is 7.11 Å². The molecule has 1 aromatic rings. The van der Waals surface area contributed by atoms with Crippen molar-refractivity contribution in [2.75, 3.05) is 7.11 Å². The predicted molar refractivity (Wildman–Crippen MR) is 69.6 cm³/mol. The van der Waals surface area contributed by atoms with Gasteiger partial charge in [0.1, 0.15) is 0 Å². The van der Waals surface area contributed by atoms with E-state index in [0.29, 0.717) is 0 Å². The van der Waals surface area contributed by atoms with E-state index in [1.165, 1.54) is 0 Å². The maximum Gasteiger partial charge on any atom is 0.0579 e. The lowest BCUT2D eigenvalue weighted by Gasteiger charge is -2.35. The average Bonchev–Trinajstić information content (AvgIpc) is 2.28. The molecule has 1 aromatic carbocycles. The molecule has 0 saturated carbocycles. The molecule has 16 heavy (non-hydrogen) atoms. The van der Waals surface area contributed by atoms with Crippen LogP contribution in [0.4, 0.5) is 0 Å². The molecule has 0 aromatic heterocycles. The summed E-state index contributed by atoms with van der Waals surface area (Å²) < 4.78 is 13.9. The average molecular weight is 221 g/mol. The van der Waals surface area contributed by atoms with E-state index in [1.807, 2.05) is 30.3 Å². The van der Waals surface area contributed by atoms with Crippen molar-refractivity contribution < 1.29 is 6.11 Å². The number of methoxy groups -OCH3 is 1. The van der Waals surface area contributed by atoms with Crippen molar-refractivity contribution in [1.82, 2.24) is 0 Å². The van der Waals surface area contributed by atoms with Gasteiger partial charge in [-0.1, -0.05) is 51.1 Å². The molecular formula is C15H24O. The van der Waals surface area contributed by atoms with Gasteiger partial charge in [-0.25, -0.2) is 0 Å². The normalized spacial score (nSPS) is 18.7. The summed E-state index contributed by atoms with van der Waals surface area (Å²) in [6.45, 7) is 8.59. The van der Waals surface area contributed by atoms with E-state index >= 15 is 0 Å². The van der Waals surface area contributed by atoms with Gasteiger partial charge in [0.2, 0.25) is 0 Å². The van der Waals surface area contributed by atoms with Gasteiger partial charge in [-0.3, -0.25) is 0 Å². The van der Waals surface area contributed by atoms with Crippen molar-refractivity contribution in [3.8, 4) is 0 Å². The summed E-state index contributed by atoms with van der Waals surface area (Å²) in [6, 6.07) is 10.0. The maximum atomic E-state index is 8.48. The molecule has 0 radical (unpaired) electrons. The fourth-order valence-electron chi connectivity index (χ4n) is 2.01. The first-order valence-corrected chi connectivity index (χ1v) is 5.88. The summed E-state index contributed by atoms with van der Waals surface area (Å²) in [7, 11) is 1.72. The molecule has 1 heteroatoms. The molecule has 1 rings (SSSR count). The molecular weight excluding hydrogens is 196 g/mol.